The summed E-state index contributed by atoms with van der Waals surface area (Å²) in [6.45, 7) is 35.6. The lowest BCUT2D eigenvalue weighted by atomic mass is 9.98. The zero-order valence-corrected chi connectivity index (χ0v) is 44.7. The maximum Gasteiger partial charge on any atom is 0.339 e. The highest BCUT2D eigenvalue weighted by molar-refractivity contribution is 6.99. The Kier molecular flexibility index (Phi) is 17.9. The Balaban J connectivity index is 1.78. The van der Waals surface area contributed by atoms with Gasteiger partial charge in [0.05, 0.1) is 31.4 Å². The van der Waals surface area contributed by atoms with Crippen molar-refractivity contribution in [1.29, 1.82) is 0 Å². The summed E-state index contributed by atoms with van der Waals surface area (Å²) in [6, 6.07) is 26.0. The molecule has 0 saturated carbocycles. The van der Waals surface area contributed by atoms with Gasteiger partial charge in [0, 0.05) is 24.7 Å². The van der Waals surface area contributed by atoms with Gasteiger partial charge in [-0.2, -0.15) is 0 Å². The standard InChI is InChI=1S/C51H77N3O7Si3/c1-37(39(3)60-64(50(7,8)9,40-23-19-17-20-24-40)41-25-21-18-22-26-41)27-31-45(61-63(15,16)49(4,5)6)47-44(58-51(10,11)59-47)32-29-42-43(56-34-33-53-54-52)30-28-38(2)46(42)48(55)57-35-36-62(12,13)14/h17-32,37,39,44-45,47H,33-36H2,1-16H3/b31-27-,32-29+/t37-,39-,44+,45?,47-/m0/s1. The highest BCUT2D eigenvalue weighted by Gasteiger charge is 2.52. The van der Waals surface area contributed by atoms with Crippen molar-refractivity contribution in [2.24, 2.45) is 11.0 Å². The molecule has 3 aromatic carbocycles. The largest absolute Gasteiger partial charge is 0.493 e. The van der Waals surface area contributed by atoms with Crippen LogP contribution in [-0.2, 0) is 23.1 Å². The number of azide groups is 1. The molecule has 0 N–H and O–H groups in total. The minimum atomic E-state index is -2.82. The SMILES string of the molecule is Cc1ccc(OCCN=[N+]=[N-])c(/C=C/[C@H]2OC(C)(C)O[C@@H]2C(/C=C\[C@H](C)[C@H](C)O[Si](c2ccccc2)(c2ccccc2)C(C)(C)C)O[Si](C)(C)C(C)(C)C)c1C(=O)OCC[Si](C)(C)C. The van der Waals surface area contributed by atoms with E-state index in [1.54, 1.807) is 0 Å². The molecule has 64 heavy (non-hydrogen) atoms. The van der Waals surface area contributed by atoms with Crippen LogP contribution < -0.4 is 15.1 Å². The monoisotopic (exact) mass is 928 g/mol. The van der Waals surface area contributed by atoms with Crippen LogP contribution in [0.3, 0.4) is 0 Å². The molecule has 1 aliphatic heterocycles. The first-order chi connectivity index (χ1) is 29.7. The van der Waals surface area contributed by atoms with Gasteiger partial charge in [-0.1, -0.05) is 164 Å². The Morgan fingerprint density at radius 2 is 1.44 bits per heavy atom. The van der Waals surface area contributed by atoms with Crippen molar-refractivity contribution in [2.45, 2.75) is 155 Å². The average molecular weight is 928 g/mol. The molecule has 5 atom stereocenters. The third-order valence-corrected chi connectivity index (χ3v) is 23.8. The first-order valence-electron chi connectivity index (χ1n) is 22.9. The molecule has 0 bridgehead atoms. The summed E-state index contributed by atoms with van der Waals surface area (Å²) in [5, 5.41) is 5.87. The molecule has 0 spiro atoms. The fraction of sp³-hybridized carbons (Fsp3) is 0.549. The number of rotatable bonds is 20. The van der Waals surface area contributed by atoms with Gasteiger partial charge in [0.25, 0.3) is 8.32 Å². The van der Waals surface area contributed by atoms with Crippen LogP contribution in [0.1, 0.15) is 90.7 Å². The molecule has 0 radical (unpaired) electrons. The fourth-order valence-electron chi connectivity index (χ4n) is 7.70. The summed E-state index contributed by atoms with van der Waals surface area (Å²) in [6.07, 6.45) is 6.47. The zero-order chi connectivity index (χ0) is 47.7. The molecule has 1 fully saturated rings. The third kappa shape index (κ3) is 13.6. The van der Waals surface area contributed by atoms with Gasteiger partial charge in [-0.3, -0.25) is 0 Å². The molecule has 0 amide bonds. The van der Waals surface area contributed by atoms with Crippen molar-refractivity contribution in [3.8, 4) is 5.75 Å². The maximum atomic E-state index is 13.9. The van der Waals surface area contributed by atoms with E-state index in [0.29, 0.717) is 23.5 Å². The number of ether oxygens (including phenoxy) is 4. The van der Waals surface area contributed by atoms with Gasteiger partial charge >= 0.3 is 5.97 Å². The summed E-state index contributed by atoms with van der Waals surface area (Å²) in [5.74, 6) is -0.877. The maximum absolute atomic E-state index is 13.9. The van der Waals surface area contributed by atoms with E-state index in [2.05, 4.69) is 171 Å². The number of carbonyl (C=O) groups is 1. The van der Waals surface area contributed by atoms with Gasteiger partial charge < -0.3 is 27.8 Å². The van der Waals surface area contributed by atoms with E-state index in [-0.39, 0.29) is 35.3 Å². The van der Waals surface area contributed by atoms with Gasteiger partial charge in [-0.15, -0.1) is 0 Å². The Hall–Kier alpha value is -3.79. The highest BCUT2D eigenvalue weighted by atomic mass is 28.4. The molecule has 1 saturated heterocycles. The van der Waals surface area contributed by atoms with E-state index in [0.717, 1.165) is 11.6 Å². The van der Waals surface area contributed by atoms with Gasteiger partial charge in [-0.05, 0) is 90.4 Å². The van der Waals surface area contributed by atoms with Gasteiger partial charge in [-0.25, -0.2) is 4.79 Å². The van der Waals surface area contributed by atoms with Gasteiger partial charge in [0.1, 0.15) is 18.0 Å². The molecular formula is C51H77N3O7Si3. The molecule has 1 heterocycles. The number of carbonyl (C=O) groups excluding carboxylic acids is 1. The average Bonchev–Trinajstić information content (AvgIpc) is 3.52. The van der Waals surface area contributed by atoms with Crippen LogP contribution >= 0.6 is 0 Å². The lowest BCUT2D eigenvalue weighted by Gasteiger charge is -2.45. The van der Waals surface area contributed by atoms with E-state index in [1.807, 2.05) is 45.1 Å². The van der Waals surface area contributed by atoms with Crippen LogP contribution in [0.15, 0.2) is 96.1 Å². The van der Waals surface area contributed by atoms with Gasteiger partial charge in [0.2, 0.25) is 0 Å². The summed E-state index contributed by atoms with van der Waals surface area (Å²) < 4.78 is 40.3. The predicted molar refractivity (Wildman–Crippen MR) is 271 cm³/mol. The van der Waals surface area contributed by atoms with Crippen LogP contribution in [0.2, 0.25) is 48.9 Å². The van der Waals surface area contributed by atoms with Gasteiger partial charge in [0.15, 0.2) is 14.1 Å². The van der Waals surface area contributed by atoms with Crippen LogP contribution in [0, 0.1) is 12.8 Å². The Bertz CT molecular complexity index is 2060. The fourth-order valence-corrected chi connectivity index (χ4v) is 14.4. The molecule has 4 rings (SSSR count). The summed E-state index contributed by atoms with van der Waals surface area (Å²) in [5.41, 5.74) is 10.6. The molecule has 1 unspecified atom stereocenters. The topological polar surface area (TPSA) is 121 Å². The minimum absolute atomic E-state index is 0.00313. The van der Waals surface area contributed by atoms with Crippen molar-refractivity contribution in [1.82, 2.24) is 0 Å². The summed E-state index contributed by atoms with van der Waals surface area (Å²) in [4.78, 5) is 16.7. The zero-order valence-electron chi connectivity index (χ0n) is 41.7. The molecule has 10 nitrogen and oxygen atoms in total. The second-order valence-electron chi connectivity index (χ2n) is 21.4. The minimum Gasteiger partial charge on any atom is -0.493 e. The molecule has 350 valence electrons. The van der Waals surface area contributed by atoms with E-state index < -0.39 is 54.8 Å². The van der Waals surface area contributed by atoms with Crippen molar-refractivity contribution < 1.29 is 32.6 Å². The molecule has 13 heteroatoms. The molecule has 1 aliphatic rings. The Morgan fingerprint density at radius 3 is 1.97 bits per heavy atom. The number of hydrogen-bond acceptors (Lipinski definition) is 8. The predicted octanol–water partition coefficient (Wildman–Crippen LogP) is 12.3. The smallest absolute Gasteiger partial charge is 0.339 e. The first kappa shape index (κ1) is 52.8. The Labute approximate surface area is 388 Å². The van der Waals surface area contributed by atoms with Crippen LogP contribution in [-0.4, -0.2) is 80.6 Å². The van der Waals surface area contributed by atoms with Crippen LogP contribution in [0.25, 0.3) is 16.5 Å². The summed E-state index contributed by atoms with van der Waals surface area (Å²) >= 11 is 0. The van der Waals surface area contributed by atoms with Crippen molar-refractivity contribution in [2.75, 3.05) is 19.8 Å². The molecular weight excluding hydrogens is 851 g/mol. The van der Waals surface area contributed by atoms with E-state index in [1.165, 1.54) is 10.4 Å². The molecule has 0 aromatic heterocycles. The summed E-state index contributed by atoms with van der Waals surface area (Å²) in [7, 11) is -6.66. The highest BCUT2D eigenvalue weighted by Crippen LogP contribution is 2.42. The van der Waals surface area contributed by atoms with E-state index >= 15 is 0 Å². The second kappa shape index (κ2) is 21.7. The van der Waals surface area contributed by atoms with Crippen molar-refractivity contribution in [3.05, 3.63) is 118 Å². The molecule has 0 aliphatic carbocycles. The number of esters is 1. The van der Waals surface area contributed by atoms with E-state index in [4.69, 9.17) is 33.3 Å². The lowest BCUT2D eigenvalue weighted by molar-refractivity contribution is -0.149. The van der Waals surface area contributed by atoms with Crippen LogP contribution in [0.4, 0.5) is 0 Å². The van der Waals surface area contributed by atoms with Crippen molar-refractivity contribution in [3.63, 3.8) is 0 Å². The number of aryl methyl sites for hydroxylation is 1. The van der Waals surface area contributed by atoms with Crippen LogP contribution in [0.5, 0.6) is 5.75 Å². The van der Waals surface area contributed by atoms with E-state index in [9.17, 15) is 4.79 Å². The number of benzene rings is 3. The third-order valence-electron chi connectivity index (χ3n) is 12.5. The quantitative estimate of drug-likeness (QED) is 0.0210. The lowest BCUT2D eigenvalue weighted by Crippen LogP contribution is -2.67. The Morgan fingerprint density at radius 1 is 0.844 bits per heavy atom. The normalized spacial score (nSPS) is 18.8. The second-order valence-corrected chi connectivity index (χ2v) is 36.0. The number of nitrogens with zero attached hydrogens (tertiary/aromatic N) is 3. The molecule has 3 aromatic rings. The number of hydrogen-bond donors (Lipinski definition) is 0. The first-order valence-corrected chi connectivity index (χ1v) is 31.4. The van der Waals surface area contributed by atoms with Crippen molar-refractivity contribution >= 4 is 47.1 Å².